The van der Waals surface area contributed by atoms with Gasteiger partial charge in [0.1, 0.15) is 0 Å². The van der Waals surface area contributed by atoms with E-state index in [-0.39, 0.29) is 12.1 Å². The van der Waals surface area contributed by atoms with Gasteiger partial charge in [0, 0.05) is 38.3 Å². The van der Waals surface area contributed by atoms with Crippen LogP contribution in [0.5, 0.6) is 0 Å². The molecule has 3 rings (SSSR count). The maximum Gasteiger partial charge on any atom is 0.170 e. The van der Waals surface area contributed by atoms with Gasteiger partial charge in [-0.05, 0) is 63.5 Å². The van der Waals surface area contributed by atoms with Gasteiger partial charge in [-0.2, -0.15) is 0 Å². The van der Waals surface area contributed by atoms with Crippen LogP contribution in [0.4, 0.5) is 0 Å². The van der Waals surface area contributed by atoms with Gasteiger partial charge in [-0.1, -0.05) is 6.07 Å². The third-order valence-corrected chi connectivity index (χ3v) is 5.26. The SMILES string of the molecule is COCCn1cccc1C1C(c2ccccn2)NC(=S)N1CCCN(C)C. The first-order valence-electron chi connectivity index (χ1n) is 9.38. The smallest absolute Gasteiger partial charge is 0.170 e. The lowest BCUT2D eigenvalue weighted by Gasteiger charge is -2.29. The number of aromatic nitrogens is 2. The van der Waals surface area contributed by atoms with Crippen LogP contribution in [-0.4, -0.2) is 65.4 Å². The quantitative estimate of drug-likeness (QED) is 0.667. The van der Waals surface area contributed by atoms with E-state index in [1.165, 1.54) is 5.69 Å². The summed E-state index contributed by atoms with van der Waals surface area (Å²) in [6, 6.07) is 10.5. The normalized spacial score (nSPS) is 19.7. The van der Waals surface area contributed by atoms with Crippen molar-refractivity contribution < 1.29 is 4.74 Å². The molecular formula is C20H29N5OS. The third-order valence-electron chi connectivity index (χ3n) is 4.91. The number of pyridine rings is 1. The van der Waals surface area contributed by atoms with Gasteiger partial charge in [-0.15, -0.1) is 0 Å². The molecule has 6 nitrogen and oxygen atoms in total. The summed E-state index contributed by atoms with van der Waals surface area (Å²) in [4.78, 5) is 9.12. The van der Waals surface area contributed by atoms with Crippen molar-refractivity contribution in [3.8, 4) is 0 Å². The lowest BCUT2D eigenvalue weighted by atomic mass is 10.0. The minimum absolute atomic E-state index is 0.0363. The van der Waals surface area contributed by atoms with Gasteiger partial charge in [-0.3, -0.25) is 4.98 Å². The molecule has 1 fully saturated rings. The second kappa shape index (κ2) is 9.30. The van der Waals surface area contributed by atoms with Gasteiger partial charge in [0.15, 0.2) is 5.11 Å². The number of hydrogen-bond donors (Lipinski definition) is 1. The lowest BCUT2D eigenvalue weighted by Crippen LogP contribution is -2.33. The molecule has 0 aromatic carbocycles. The fraction of sp³-hybridized carbons (Fsp3) is 0.500. The summed E-state index contributed by atoms with van der Waals surface area (Å²) in [7, 11) is 5.94. The van der Waals surface area contributed by atoms with E-state index < -0.39 is 0 Å². The first-order chi connectivity index (χ1) is 13.1. The summed E-state index contributed by atoms with van der Waals surface area (Å²) in [5.74, 6) is 0. The van der Waals surface area contributed by atoms with Crippen molar-refractivity contribution >= 4 is 17.3 Å². The molecule has 146 valence electrons. The van der Waals surface area contributed by atoms with Crippen molar-refractivity contribution in [2.24, 2.45) is 0 Å². The van der Waals surface area contributed by atoms with Crippen LogP contribution in [-0.2, 0) is 11.3 Å². The molecule has 1 aliphatic heterocycles. The highest BCUT2D eigenvalue weighted by molar-refractivity contribution is 7.80. The van der Waals surface area contributed by atoms with Crippen molar-refractivity contribution in [1.82, 2.24) is 24.7 Å². The van der Waals surface area contributed by atoms with E-state index in [1.807, 2.05) is 18.3 Å². The number of ether oxygens (including phenoxy) is 1. The van der Waals surface area contributed by atoms with E-state index in [0.29, 0.717) is 6.61 Å². The molecule has 1 N–H and O–H groups in total. The molecule has 2 atom stereocenters. The predicted molar refractivity (Wildman–Crippen MR) is 112 cm³/mol. The van der Waals surface area contributed by atoms with E-state index in [9.17, 15) is 0 Å². The molecule has 1 aliphatic rings. The molecule has 0 bridgehead atoms. The van der Waals surface area contributed by atoms with Crippen LogP contribution in [0, 0.1) is 0 Å². The number of hydrogen-bond acceptors (Lipinski definition) is 4. The molecule has 2 aromatic rings. The number of rotatable bonds is 9. The fourth-order valence-electron chi connectivity index (χ4n) is 3.61. The number of thiocarbonyl (C=S) groups is 1. The molecule has 27 heavy (non-hydrogen) atoms. The zero-order valence-corrected chi connectivity index (χ0v) is 17.2. The first-order valence-corrected chi connectivity index (χ1v) is 9.79. The average molecular weight is 388 g/mol. The van der Waals surface area contributed by atoms with Gasteiger partial charge in [0.25, 0.3) is 0 Å². The Labute approximate surface area is 167 Å². The first kappa shape index (κ1) is 19.8. The Morgan fingerprint density at radius 2 is 2.07 bits per heavy atom. The van der Waals surface area contributed by atoms with Crippen molar-refractivity contribution in [1.29, 1.82) is 0 Å². The monoisotopic (exact) mass is 387 g/mol. The molecule has 0 aliphatic carbocycles. The molecular weight excluding hydrogens is 358 g/mol. The van der Waals surface area contributed by atoms with Crippen molar-refractivity contribution in [2.45, 2.75) is 25.0 Å². The molecule has 0 spiro atoms. The van der Waals surface area contributed by atoms with Gasteiger partial charge in [0.05, 0.1) is 24.4 Å². The average Bonchev–Trinajstić information content (AvgIpc) is 3.24. The molecule has 3 heterocycles. The summed E-state index contributed by atoms with van der Waals surface area (Å²) in [5.41, 5.74) is 2.25. The van der Waals surface area contributed by atoms with Crippen molar-refractivity contribution in [3.05, 3.63) is 54.1 Å². The highest BCUT2D eigenvalue weighted by Crippen LogP contribution is 2.38. The van der Waals surface area contributed by atoms with Crippen molar-refractivity contribution in [3.63, 3.8) is 0 Å². The summed E-state index contributed by atoms with van der Waals surface area (Å²) in [5, 5.41) is 4.32. The number of nitrogens with one attached hydrogen (secondary N) is 1. The van der Waals surface area contributed by atoms with Gasteiger partial charge >= 0.3 is 0 Å². The van der Waals surface area contributed by atoms with Crippen LogP contribution >= 0.6 is 12.2 Å². The van der Waals surface area contributed by atoms with Crippen LogP contribution in [0.25, 0.3) is 0 Å². The Morgan fingerprint density at radius 1 is 1.22 bits per heavy atom. The van der Waals surface area contributed by atoms with Gasteiger partial charge < -0.3 is 24.4 Å². The zero-order chi connectivity index (χ0) is 19.2. The molecule has 2 aromatic heterocycles. The van der Waals surface area contributed by atoms with E-state index in [4.69, 9.17) is 17.0 Å². The fourth-order valence-corrected chi connectivity index (χ4v) is 3.95. The summed E-state index contributed by atoms with van der Waals surface area (Å²) >= 11 is 5.72. The molecule has 0 amide bonds. The lowest BCUT2D eigenvalue weighted by molar-refractivity contribution is 0.183. The summed E-state index contributed by atoms with van der Waals surface area (Å²) < 4.78 is 7.55. The zero-order valence-electron chi connectivity index (χ0n) is 16.3. The van der Waals surface area contributed by atoms with E-state index in [0.717, 1.165) is 36.9 Å². The Hall–Kier alpha value is -1.96. The Balaban J connectivity index is 1.90. The molecule has 0 radical (unpaired) electrons. The Bertz CT molecular complexity index is 733. The third kappa shape index (κ3) is 4.66. The molecule has 7 heteroatoms. The van der Waals surface area contributed by atoms with Crippen LogP contribution < -0.4 is 5.32 Å². The van der Waals surface area contributed by atoms with Gasteiger partial charge in [0.2, 0.25) is 0 Å². The van der Waals surface area contributed by atoms with Crippen molar-refractivity contribution in [2.75, 3.05) is 40.9 Å². The predicted octanol–water partition coefficient (Wildman–Crippen LogP) is 2.45. The molecule has 1 saturated heterocycles. The van der Waals surface area contributed by atoms with Crippen LogP contribution in [0.15, 0.2) is 42.7 Å². The van der Waals surface area contributed by atoms with E-state index >= 15 is 0 Å². The summed E-state index contributed by atoms with van der Waals surface area (Å²) in [6.45, 7) is 3.45. The van der Waals surface area contributed by atoms with E-state index in [1.54, 1.807) is 7.11 Å². The maximum atomic E-state index is 5.72. The number of nitrogens with zero attached hydrogens (tertiary/aromatic N) is 4. The minimum atomic E-state index is 0.0363. The molecule has 0 saturated carbocycles. The van der Waals surface area contributed by atoms with Gasteiger partial charge in [-0.25, -0.2) is 0 Å². The van der Waals surface area contributed by atoms with Crippen LogP contribution in [0.2, 0.25) is 0 Å². The highest BCUT2D eigenvalue weighted by Gasteiger charge is 2.40. The minimum Gasteiger partial charge on any atom is -0.383 e. The highest BCUT2D eigenvalue weighted by atomic mass is 32.1. The topological polar surface area (TPSA) is 45.6 Å². The largest absolute Gasteiger partial charge is 0.383 e. The summed E-state index contributed by atoms with van der Waals surface area (Å²) in [6.07, 6.45) is 5.01. The molecule has 2 unspecified atom stereocenters. The maximum absolute atomic E-state index is 5.72. The van der Waals surface area contributed by atoms with Crippen LogP contribution in [0.3, 0.4) is 0 Å². The Kier molecular flexibility index (Phi) is 6.82. The standard InChI is InChI=1S/C20H29N5OS/c1-23(2)11-7-13-25-19(17-9-6-12-24(17)14-15-26-3)18(22-20(25)27)16-8-4-5-10-21-16/h4-6,8-10,12,18-19H,7,11,13-15H2,1-3H3,(H,22,27). The second-order valence-corrected chi connectivity index (χ2v) is 7.48. The van der Waals surface area contributed by atoms with Crippen LogP contribution in [0.1, 0.15) is 29.9 Å². The second-order valence-electron chi connectivity index (χ2n) is 7.10. The number of methoxy groups -OCH3 is 1. The van der Waals surface area contributed by atoms with E-state index in [2.05, 4.69) is 63.2 Å². The Morgan fingerprint density at radius 3 is 2.78 bits per heavy atom.